The molecule has 2 nitrogen and oxygen atoms in total. The minimum Gasteiger partial charge on any atom is -0.388 e. The molecule has 0 fully saturated rings. The van der Waals surface area contributed by atoms with Crippen LogP contribution in [0.5, 0.6) is 0 Å². The Labute approximate surface area is 98.0 Å². The lowest BCUT2D eigenvalue weighted by atomic mass is 9.98. The van der Waals surface area contributed by atoms with Crippen LogP contribution >= 0.6 is 0 Å². The molecule has 0 aliphatic carbocycles. The van der Waals surface area contributed by atoms with Crippen LogP contribution in [0.25, 0.3) is 0 Å². The number of methoxy groups -OCH3 is 1. The molecule has 1 aromatic rings. The van der Waals surface area contributed by atoms with Crippen LogP contribution in [0.3, 0.4) is 0 Å². The smallest absolute Gasteiger partial charge is 0.388 e. The second kappa shape index (κ2) is 5.51. The summed E-state index contributed by atoms with van der Waals surface area (Å²) in [6.45, 7) is 1.69. The summed E-state index contributed by atoms with van der Waals surface area (Å²) in [5, 5.41) is 9.79. The van der Waals surface area contributed by atoms with Crippen LogP contribution in [-0.2, 0) is 10.9 Å². The van der Waals surface area contributed by atoms with Crippen molar-refractivity contribution in [2.24, 2.45) is 0 Å². The Morgan fingerprint density at radius 1 is 1.29 bits per heavy atom. The predicted octanol–water partition coefficient (Wildman–Crippen LogP) is 3.16. The van der Waals surface area contributed by atoms with Gasteiger partial charge in [0.15, 0.2) is 0 Å². The first-order valence-electron chi connectivity index (χ1n) is 5.23. The van der Waals surface area contributed by atoms with Gasteiger partial charge in [-0.3, -0.25) is 0 Å². The highest BCUT2D eigenvalue weighted by atomic mass is 19.4. The molecule has 1 aromatic carbocycles. The molecule has 1 rings (SSSR count). The van der Waals surface area contributed by atoms with Crippen LogP contribution in [0.15, 0.2) is 24.3 Å². The van der Waals surface area contributed by atoms with Gasteiger partial charge in [-0.1, -0.05) is 18.2 Å². The monoisotopic (exact) mass is 248 g/mol. The van der Waals surface area contributed by atoms with Gasteiger partial charge < -0.3 is 9.84 Å². The van der Waals surface area contributed by atoms with E-state index < -0.39 is 17.8 Å². The molecule has 0 saturated heterocycles. The molecule has 0 radical (unpaired) electrons. The molecule has 0 aromatic heterocycles. The number of halogens is 3. The van der Waals surface area contributed by atoms with Gasteiger partial charge in [-0.25, -0.2) is 0 Å². The van der Waals surface area contributed by atoms with E-state index in [1.54, 1.807) is 6.92 Å². The zero-order valence-electron chi connectivity index (χ0n) is 9.66. The second-order valence-corrected chi connectivity index (χ2v) is 3.88. The first-order valence-corrected chi connectivity index (χ1v) is 5.23. The molecule has 0 bridgehead atoms. The molecule has 0 spiro atoms. The molecule has 0 heterocycles. The van der Waals surface area contributed by atoms with Crippen molar-refractivity contribution < 1.29 is 23.0 Å². The SMILES string of the molecule is COC(C)CC(O)c1ccccc1C(F)(F)F. The van der Waals surface area contributed by atoms with Gasteiger partial charge in [-0.15, -0.1) is 0 Å². The van der Waals surface area contributed by atoms with Crippen molar-refractivity contribution in [3.63, 3.8) is 0 Å². The van der Waals surface area contributed by atoms with E-state index in [1.165, 1.54) is 25.3 Å². The number of hydrogen-bond acceptors (Lipinski definition) is 2. The van der Waals surface area contributed by atoms with Crippen molar-refractivity contribution >= 4 is 0 Å². The maximum absolute atomic E-state index is 12.7. The van der Waals surface area contributed by atoms with Gasteiger partial charge in [0.05, 0.1) is 17.8 Å². The first-order chi connectivity index (χ1) is 7.86. The molecule has 1 N–H and O–H groups in total. The third kappa shape index (κ3) is 3.71. The number of benzene rings is 1. The molecule has 0 amide bonds. The lowest BCUT2D eigenvalue weighted by Crippen LogP contribution is -2.16. The third-order valence-electron chi connectivity index (χ3n) is 2.58. The van der Waals surface area contributed by atoms with Crippen molar-refractivity contribution in [1.82, 2.24) is 0 Å². The van der Waals surface area contributed by atoms with Gasteiger partial charge in [-0.05, 0) is 18.6 Å². The Morgan fingerprint density at radius 2 is 1.88 bits per heavy atom. The van der Waals surface area contributed by atoms with Crippen LogP contribution in [0.1, 0.15) is 30.6 Å². The fourth-order valence-corrected chi connectivity index (χ4v) is 1.58. The highest BCUT2D eigenvalue weighted by Gasteiger charge is 2.34. The highest BCUT2D eigenvalue weighted by molar-refractivity contribution is 5.31. The van der Waals surface area contributed by atoms with Gasteiger partial charge in [0.25, 0.3) is 0 Å². The summed E-state index contributed by atoms with van der Waals surface area (Å²) in [6, 6.07) is 5.04. The number of alkyl halides is 3. The summed E-state index contributed by atoms with van der Waals surface area (Å²) < 4.78 is 43.0. The third-order valence-corrected chi connectivity index (χ3v) is 2.58. The summed E-state index contributed by atoms with van der Waals surface area (Å²) in [6.07, 6.45) is -5.80. The molecule has 0 aliphatic rings. The molecule has 96 valence electrons. The summed E-state index contributed by atoms with van der Waals surface area (Å²) in [5.41, 5.74) is -0.903. The van der Waals surface area contributed by atoms with Gasteiger partial charge in [0, 0.05) is 13.5 Å². The summed E-state index contributed by atoms with van der Waals surface area (Å²) in [4.78, 5) is 0. The van der Waals surface area contributed by atoms with Crippen molar-refractivity contribution in [1.29, 1.82) is 0 Å². The van der Waals surface area contributed by atoms with Gasteiger partial charge in [0.1, 0.15) is 0 Å². The molecule has 5 heteroatoms. The highest BCUT2D eigenvalue weighted by Crippen LogP contribution is 2.35. The van der Waals surface area contributed by atoms with Crippen LogP contribution in [-0.4, -0.2) is 18.3 Å². The van der Waals surface area contributed by atoms with E-state index >= 15 is 0 Å². The van der Waals surface area contributed by atoms with Crippen LogP contribution < -0.4 is 0 Å². The molecule has 2 atom stereocenters. The fraction of sp³-hybridized carbons (Fsp3) is 0.500. The molecular formula is C12H15F3O2. The van der Waals surface area contributed by atoms with E-state index in [0.717, 1.165) is 6.07 Å². The van der Waals surface area contributed by atoms with Crippen molar-refractivity contribution in [3.8, 4) is 0 Å². The number of aliphatic hydroxyl groups is 1. The van der Waals surface area contributed by atoms with E-state index in [2.05, 4.69) is 0 Å². The zero-order valence-corrected chi connectivity index (χ0v) is 9.66. The van der Waals surface area contributed by atoms with Crippen molar-refractivity contribution in [2.75, 3.05) is 7.11 Å². The molecule has 17 heavy (non-hydrogen) atoms. The van der Waals surface area contributed by atoms with Gasteiger partial charge in [0.2, 0.25) is 0 Å². The van der Waals surface area contributed by atoms with E-state index in [9.17, 15) is 18.3 Å². The number of aliphatic hydroxyl groups excluding tert-OH is 1. The van der Waals surface area contributed by atoms with E-state index in [4.69, 9.17) is 4.74 Å². The zero-order chi connectivity index (χ0) is 13.1. The van der Waals surface area contributed by atoms with E-state index in [-0.39, 0.29) is 18.1 Å². The van der Waals surface area contributed by atoms with Crippen LogP contribution in [0, 0.1) is 0 Å². The fourth-order valence-electron chi connectivity index (χ4n) is 1.58. The Morgan fingerprint density at radius 3 is 2.41 bits per heavy atom. The van der Waals surface area contributed by atoms with Crippen molar-refractivity contribution in [3.05, 3.63) is 35.4 Å². The Hall–Kier alpha value is -1.07. The first kappa shape index (κ1) is 14.0. The quantitative estimate of drug-likeness (QED) is 0.886. The number of hydrogen-bond donors (Lipinski definition) is 1. The standard InChI is InChI=1S/C12H15F3O2/c1-8(17-2)7-11(16)9-5-3-4-6-10(9)12(13,14)15/h3-6,8,11,16H,7H2,1-2H3. The van der Waals surface area contributed by atoms with Crippen LogP contribution in [0.4, 0.5) is 13.2 Å². The van der Waals surface area contributed by atoms with Gasteiger partial charge >= 0.3 is 6.18 Å². The minimum atomic E-state index is -4.45. The second-order valence-electron chi connectivity index (χ2n) is 3.88. The van der Waals surface area contributed by atoms with E-state index in [1.807, 2.05) is 0 Å². The Kier molecular flexibility index (Phi) is 4.54. The number of ether oxygens (including phenoxy) is 1. The largest absolute Gasteiger partial charge is 0.416 e. The van der Waals surface area contributed by atoms with Gasteiger partial charge in [-0.2, -0.15) is 13.2 Å². The summed E-state index contributed by atoms with van der Waals surface area (Å²) >= 11 is 0. The lowest BCUT2D eigenvalue weighted by molar-refractivity contribution is -0.139. The Bertz CT molecular complexity index is 363. The predicted molar refractivity (Wildman–Crippen MR) is 57.5 cm³/mol. The maximum Gasteiger partial charge on any atom is 0.416 e. The molecular weight excluding hydrogens is 233 g/mol. The maximum atomic E-state index is 12.7. The lowest BCUT2D eigenvalue weighted by Gasteiger charge is -2.19. The molecule has 0 aliphatic heterocycles. The van der Waals surface area contributed by atoms with E-state index in [0.29, 0.717) is 0 Å². The average Bonchev–Trinajstić information content (AvgIpc) is 2.27. The molecule has 0 saturated carbocycles. The van der Waals surface area contributed by atoms with Crippen LogP contribution in [0.2, 0.25) is 0 Å². The normalized spacial score (nSPS) is 15.6. The topological polar surface area (TPSA) is 29.5 Å². The summed E-state index contributed by atoms with van der Waals surface area (Å²) in [7, 11) is 1.45. The average molecular weight is 248 g/mol. The van der Waals surface area contributed by atoms with Crippen molar-refractivity contribution in [2.45, 2.75) is 31.7 Å². The minimum absolute atomic E-state index is 0.107. The summed E-state index contributed by atoms with van der Waals surface area (Å²) in [5.74, 6) is 0. The number of rotatable bonds is 4. The molecule has 2 unspecified atom stereocenters. The Balaban J connectivity index is 2.97.